The van der Waals surface area contributed by atoms with E-state index in [0.29, 0.717) is 21.8 Å². The van der Waals surface area contributed by atoms with Crippen LogP contribution in [-0.2, 0) is 6.73 Å². The van der Waals surface area contributed by atoms with Crippen molar-refractivity contribution < 1.29 is 14.3 Å². The van der Waals surface area contributed by atoms with Crippen molar-refractivity contribution in [1.82, 2.24) is 9.78 Å². The Kier molecular flexibility index (Phi) is 6.56. The van der Waals surface area contributed by atoms with Crippen molar-refractivity contribution in [1.29, 1.82) is 0 Å². The van der Waals surface area contributed by atoms with Gasteiger partial charge in [0, 0.05) is 22.3 Å². The molecule has 4 rings (SSSR count). The van der Waals surface area contributed by atoms with Crippen molar-refractivity contribution in [2.45, 2.75) is 20.6 Å². The van der Waals surface area contributed by atoms with Crippen LogP contribution in [0.4, 0.5) is 5.69 Å². The average molecular weight is 460 g/mol. The summed E-state index contributed by atoms with van der Waals surface area (Å²) in [7, 11) is 0. The minimum Gasteiger partial charge on any atom is -0.471 e. The molecule has 0 spiro atoms. The second-order valence-corrected chi connectivity index (χ2v) is 8.06. The van der Waals surface area contributed by atoms with Gasteiger partial charge in [0.25, 0.3) is 5.91 Å². The highest BCUT2D eigenvalue weighted by Crippen LogP contribution is 2.24. The molecule has 7 heteroatoms. The summed E-state index contributed by atoms with van der Waals surface area (Å²) in [5.41, 5.74) is 3.49. The lowest BCUT2D eigenvalue weighted by Gasteiger charge is -2.11. The van der Waals surface area contributed by atoms with E-state index in [1.54, 1.807) is 54.7 Å². The van der Waals surface area contributed by atoms with Crippen molar-refractivity contribution in [2.75, 3.05) is 5.32 Å². The number of carbonyl (C=O) groups excluding carboxylic acids is 2. The second kappa shape index (κ2) is 9.71. The summed E-state index contributed by atoms with van der Waals surface area (Å²) in [5, 5.41) is 7.47. The number of halogens is 1. The van der Waals surface area contributed by atoms with Crippen molar-refractivity contribution in [3.05, 3.63) is 112 Å². The molecule has 0 aliphatic heterocycles. The van der Waals surface area contributed by atoms with Crippen LogP contribution in [0.1, 0.15) is 37.5 Å². The fourth-order valence-corrected chi connectivity index (χ4v) is 3.47. The highest BCUT2D eigenvalue weighted by Gasteiger charge is 2.18. The number of benzene rings is 3. The number of hydrogen-bond acceptors (Lipinski definition) is 4. The van der Waals surface area contributed by atoms with Crippen molar-refractivity contribution >= 4 is 29.0 Å². The predicted molar refractivity (Wildman–Crippen MR) is 128 cm³/mol. The summed E-state index contributed by atoms with van der Waals surface area (Å²) in [6.45, 7) is 4.13. The van der Waals surface area contributed by atoms with Crippen LogP contribution in [0.5, 0.6) is 5.75 Å². The van der Waals surface area contributed by atoms with Gasteiger partial charge in [-0.1, -0.05) is 54.1 Å². The van der Waals surface area contributed by atoms with E-state index in [4.69, 9.17) is 16.3 Å². The van der Waals surface area contributed by atoms with E-state index in [1.807, 2.05) is 38.1 Å². The monoisotopic (exact) mass is 459 g/mol. The minimum absolute atomic E-state index is 0.163. The molecule has 4 aromatic rings. The van der Waals surface area contributed by atoms with Gasteiger partial charge in [-0.3, -0.25) is 9.59 Å². The lowest BCUT2D eigenvalue weighted by Crippen LogP contribution is -2.17. The van der Waals surface area contributed by atoms with E-state index in [-0.39, 0.29) is 18.2 Å². The fraction of sp³-hybridized carbons (Fsp3) is 0.115. The molecule has 0 saturated carbocycles. The molecular weight excluding hydrogens is 438 g/mol. The SMILES string of the molecule is Cc1ccc(C)c(OCn2ccc(C(=O)Nc3ccc(Cl)cc3C(=O)c3ccccc3)n2)c1. The standard InChI is InChI=1S/C26H22ClN3O3/c1-17-8-9-18(2)24(14-17)33-16-30-13-12-23(29-30)26(32)28-22-11-10-20(27)15-21(22)25(31)19-6-4-3-5-7-19/h3-15H,16H2,1-2H3,(H,28,32). The molecule has 0 radical (unpaired) electrons. The van der Waals surface area contributed by atoms with E-state index in [1.165, 1.54) is 4.68 Å². The number of hydrogen-bond donors (Lipinski definition) is 1. The molecule has 166 valence electrons. The highest BCUT2D eigenvalue weighted by molar-refractivity contribution is 6.31. The fourth-order valence-electron chi connectivity index (χ4n) is 3.30. The molecule has 3 aromatic carbocycles. The van der Waals surface area contributed by atoms with Crippen LogP contribution in [0.3, 0.4) is 0 Å². The summed E-state index contributed by atoms with van der Waals surface area (Å²) in [6.07, 6.45) is 1.66. The molecular formula is C26H22ClN3O3. The van der Waals surface area contributed by atoms with Gasteiger partial charge in [0.1, 0.15) is 5.75 Å². The number of ketones is 1. The third kappa shape index (κ3) is 5.30. The molecule has 0 aliphatic carbocycles. The predicted octanol–water partition coefficient (Wildman–Crippen LogP) is 5.67. The number of aromatic nitrogens is 2. The molecule has 0 bridgehead atoms. The Morgan fingerprint density at radius 3 is 2.58 bits per heavy atom. The largest absolute Gasteiger partial charge is 0.471 e. The van der Waals surface area contributed by atoms with Gasteiger partial charge in [-0.15, -0.1) is 0 Å². The maximum absolute atomic E-state index is 13.0. The van der Waals surface area contributed by atoms with Crippen LogP contribution in [0.2, 0.25) is 5.02 Å². The van der Waals surface area contributed by atoms with Crippen LogP contribution in [0, 0.1) is 13.8 Å². The molecule has 1 aromatic heterocycles. The molecule has 0 atom stereocenters. The van der Waals surface area contributed by atoms with Gasteiger partial charge in [0.2, 0.25) is 0 Å². The zero-order valence-electron chi connectivity index (χ0n) is 18.2. The maximum atomic E-state index is 13.0. The summed E-state index contributed by atoms with van der Waals surface area (Å²) in [4.78, 5) is 25.8. The van der Waals surface area contributed by atoms with E-state index >= 15 is 0 Å². The summed E-state index contributed by atoms with van der Waals surface area (Å²) in [6, 6.07) is 21.2. The van der Waals surface area contributed by atoms with Gasteiger partial charge >= 0.3 is 0 Å². The van der Waals surface area contributed by atoms with Crippen molar-refractivity contribution in [2.24, 2.45) is 0 Å². The Balaban J connectivity index is 1.49. The number of anilines is 1. The Bertz CT molecular complexity index is 1320. The number of ether oxygens (including phenoxy) is 1. The topological polar surface area (TPSA) is 73.2 Å². The Hall–Kier alpha value is -3.90. The second-order valence-electron chi connectivity index (χ2n) is 7.62. The van der Waals surface area contributed by atoms with E-state index in [0.717, 1.165) is 16.9 Å². The van der Waals surface area contributed by atoms with Crippen LogP contribution in [0.25, 0.3) is 0 Å². The Morgan fingerprint density at radius 1 is 1.00 bits per heavy atom. The normalized spacial score (nSPS) is 10.6. The average Bonchev–Trinajstić information content (AvgIpc) is 3.30. The molecule has 0 aliphatic rings. The number of nitrogens with one attached hydrogen (secondary N) is 1. The molecule has 1 N–H and O–H groups in total. The molecule has 1 amide bonds. The summed E-state index contributed by atoms with van der Waals surface area (Å²) >= 11 is 6.12. The zero-order chi connectivity index (χ0) is 23.4. The first-order valence-electron chi connectivity index (χ1n) is 10.3. The molecule has 6 nitrogen and oxygen atoms in total. The smallest absolute Gasteiger partial charge is 0.276 e. The minimum atomic E-state index is -0.440. The molecule has 1 heterocycles. The quantitative estimate of drug-likeness (QED) is 0.361. The van der Waals surface area contributed by atoms with Gasteiger partial charge in [0.15, 0.2) is 18.2 Å². The van der Waals surface area contributed by atoms with E-state index < -0.39 is 5.91 Å². The number of carbonyl (C=O) groups is 2. The van der Waals surface area contributed by atoms with Gasteiger partial charge in [-0.2, -0.15) is 5.10 Å². The van der Waals surface area contributed by atoms with E-state index in [9.17, 15) is 9.59 Å². The third-order valence-electron chi connectivity index (χ3n) is 5.08. The van der Waals surface area contributed by atoms with Crippen LogP contribution < -0.4 is 10.1 Å². The van der Waals surface area contributed by atoms with Gasteiger partial charge in [-0.25, -0.2) is 4.68 Å². The number of amides is 1. The maximum Gasteiger partial charge on any atom is 0.276 e. The summed E-state index contributed by atoms with van der Waals surface area (Å²) < 4.78 is 7.37. The molecule has 0 saturated heterocycles. The molecule has 33 heavy (non-hydrogen) atoms. The molecule has 0 unspecified atom stereocenters. The van der Waals surface area contributed by atoms with Gasteiger partial charge in [0.05, 0.1) is 5.69 Å². The zero-order valence-corrected chi connectivity index (χ0v) is 19.0. The van der Waals surface area contributed by atoms with Crippen molar-refractivity contribution in [3.8, 4) is 5.75 Å². The number of rotatable bonds is 7. The lowest BCUT2D eigenvalue weighted by molar-refractivity contribution is 0.102. The van der Waals surface area contributed by atoms with Crippen LogP contribution in [0.15, 0.2) is 79.0 Å². The number of aryl methyl sites for hydroxylation is 2. The van der Waals surface area contributed by atoms with Crippen LogP contribution >= 0.6 is 11.6 Å². The lowest BCUT2D eigenvalue weighted by atomic mass is 10.0. The van der Waals surface area contributed by atoms with Gasteiger partial charge < -0.3 is 10.1 Å². The highest BCUT2D eigenvalue weighted by atomic mass is 35.5. The first-order chi connectivity index (χ1) is 15.9. The Labute approximate surface area is 196 Å². The van der Waals surface area contributed by atoms with Crippen LogP contribution in [-0.4, -0.2) is 21.5 Å². The Morgan fingerprint density at radius 2 is 1.79 bits per heavy atom. The third-order valence-corrected chi connectivity index (χ3v) is 5.31. The first kappa shape index (κ1) is 22.3. The number of nitrogens with zero attached hydrogens (tertiary/aromatic N) is 2. The molecule has 0 fully saturated rings. The van der Waals surface area contributed by atoms with E-state index in [2.05, 4.69) is 10.4 Å². The summed E-state index contributed by atoms with van der Waals surface area (Å²) in [5.74, 6) is 0.0903. The van der Waals surface area contributed by atoms with Crippen molar-refractivity contribution in [3.63, 3.8) is 0 Å². The first-order valence-corrected chi connectivity index (χ1v) is 10.7. The van der Waals surface area contributed by atoms with Gasteiger partial charge in [-0.05, 0) is 55.3 Å².